The average Bonchev–Trinajstić information content (AvgIpc) is 2.89. The fraction of sp³-hybridized carbons (Fsp3) is 0. The van der Waals surface area contributed by atoms with Crippen LogP contribution in [0.3, 0.4) is 0 Å². The highest BCUT2D eigenvalue weighted by Gasteiger charge is 2.26. The number of hydrogen-bond acceptors (Lipinski definition) is 2. The first-order valence-corrected chi connectivity index (χ1v) is 12.5. The zero-order chi connectivity index (χ0) is 23.4. The lowest BCUT2D eigenvalue weighted by Gasteiger charge is -2.24. The van der Waals surface area contributed by atoms with Crippen LogP contribution in [-0.4, -0.2) is 8.42 Å². The van der Waals surface area contributed by atoms with Gasteiger partial charge in [-0.25, -0.2) is 12.7 Å². The van der Waals surface area contributed by atoms with E-state index in [-0.39, 0.29) is 4.90 Å². The molecule has 34 heavy (non-hydrogen) atoms. The van der Waals surface area contributed by atoms with Gasteiger partial charge in [0.2, 0.25) is 0 Å². The van der Waals surface area contributed by atoms with E-state index in [4.69, 9.17) is 0 Å². The fourth-order valence-electron chi connectivity index (χ4n) is 3.91. The smallest absolute Gasteiger partial charge is 0.235 e. The van der Waals surface area contributed by atoms with Gasteiger partial charge >= 0.3 is 0 Å². The van der Waals surface area contributed by atoms with E-state index < -0.39 is 10.0 Å². The van der Waals surface area contributed by atoms with Crippen LogP contribution in [0, 0.1) is 0 Å². The molecule has 5 rings (SSSR count). The van der Waals surface area contributed by atoms with Crippen LogP contribution >= 0.6 is 0 Å². The molecule has 4 heteroatoms. The Bertz CT molecular complexity index is 1500. The number of sulfonamides is 1. The summed E-state index contributed by atoms with van der Waals surface area (Å²) >= 11 is 0. The molecule has 3 nitrogen and oxygen atoms in total. The quantitative estimate of drug-likeness (QED) is 0.245. The summed E-state index contributed by atoms with van der Waals surface area (Å²) in [6.45, 7) is 0. The molecule has 0 amide bonds. The number of anilines is 2. The van der Waals surface area contributed by atoms with E-state index in [0.717, 1.165) is 11.1 Å². The predicted molar refractivity (Wildman–Crippen MR) is 142 cm³/mol. The van der Waals surface area contributed by atoms with Gasteiger partial charge in [-0.1, -0.05) is 97.1 Å². The van der Waals surface area contributed by atoms with E-state index >= 15 is 0 Å². The zero-order valence-corrected chi connectivity index (χ0v) is 19.3. The van der Waals surface area contributed by atoms with Gasteiger partial charge in [-0.05, 0) is 64.4 Å². The Balaban J connectivity index is 1.44. The maximum atomic E-state index is 13.7. The molecule has 0 spiro atoms. The second-order valence-electron chi connectivity index (χ2n) is 7.95. The summed E-state index contributed by atoms with van der Waals surface area (Å²) in [5, 5.41) is 2.39. The molecule has 0 saturated heterocycles. The van der Waals surface area contributed by atoms with Crippen LogP contribution in [0.2, 0.25) is 0 Å². The normalized spacial score (nSPS) is 11.6. The SMILES string of the molecule is O=S(=O)(c1ccc(/C=C/c2ccc3ccccc3c2)cc1)N(c1ccccc1)c1ccccc1. The zero-order valence-electron chi connectivity index (χ0n) is 18.5. The van der Waals surface area contributed by atoms with Crippen LogP contribution < -0.4 is 4.31 Å². The Labute approximate surface area is 200 Å². The summed E-state index contributed by atoms with van der Waals surface area (Å²) in [5.74, 6) is 0. The van der Waals surface area contributed by atoms with Crippen molar-refractivity contribution in [3.8, 4) is 0 Å². The largest absolute Gasteiger partial charge is 0.268 e. The molecule has 0 heterocycles. The number of hydrogen-bond donors (Lipinski definition) is 0. The molecule has 166 valence electrons. The molecule has 0 aliphatic carbocycles. The lowest BCUT2D eigenvalue weighted by atomic mass is 10.1. The molecule has 0 aliphatic rings. The Morgan fingerprint density at radius 2 is 1.00 bits per heavy atom. The molecule has 5 aromatic carbocycles. The van der Waals surface area contributed by atoms with Crippen molar-refractivity contribution in [1.29, 1.82) is 0 Å². The van der Waals surface area contributed by atoms with Gasteiger partial charge in [0.25, 0.3) is 10.0 Å². The van der Waals surface area contributed by atoms with Crippen molar-refractivity contribution < 1.29 is 8.42 Å². The van der Waals surface area contributed by atoms with Crippen LogP contribution in [0.4, 0.5) is 11.4 Å². The topological polar surface area (TPSA) is 37.4 Å². The van der Waals surface area contributed by atoms with E-state index in [0.29, 0.717) is 11.4 Å². The highest BCUT2D eigenvalue weighted by atomic mass is 32.2. The molecule has 0 fully saturated rings. The summed E-state index contributed by atoms with van der Waals surface area (Å²) in [6, 6.07) is 39.8. The summed E-state index contributed by atoms with van der Waals surface area (Å²) in [4.78, 5) is 0.239. The summed E-state index contributed by atoms with van der Waals surface area (Å²) in [7, 11) is -3.81. The Morgan fingerprint density at radius 1 is 0.500 bits per heavy atom. The maximum absolute atomic E-state index is 13.7. The number of para-hydroxylation sites is 2. The van der Waals surface area contributed by atoms with Gasteiger partial charge in [0.15, 0.2) is 0 Å². The van der Waals surface area contributed by atoms with Gasteiger partial charge < -0.3 is 0 Å². The van der Waals surface area contributed by atoms with Crippen LogP contribution in [0.5, 0.6) is 0 Å². The molecule has 0 unspecified atom stereocenters. The van der Waals surface area contributed by atoms with Crippen LogP contribution in [0.1, 0.15) is 11.1 Å². The summed E-state index contributed by atoms with van der Waals surface area (Å²) in [5.41, 5.74) is 3.20. The molecule has 0 N–H and O–H groups in total. The monoisotopic (exact) mass is 461 g/mol. The van der Waals surface area contributed by atoms with Crippen molar-refractivity contribution in [2.45, 2.75) is 4.90 Å². The van der Waals surface area contributed by atoms with E-state index in [1.165, 1.54) is 15.1 Å². The standard InChI is InChI=1S/C30H23NO2S/c32-34(33,31(28-11-3-1-4-12-28)29-13-5-2-6-14-29)30-21-18-24(19-22-30)15-16-25-17-20-26-9-7-8-10-27(26)23-25/h1-23H/b16-15+. The molecule has 0 aliphatic heterocycles. The summed E-state index contributed by atoms with van der Waals surface area (Å²) in [6.07, 6.45) is 4.03. The molecule has 0 radical (unpaired) electrons. The van der Waals surface area contributed by atoms with Crippen molar-refractivity contribution in [1.82, 2.24) is 0 Å². The lowest BCUT2D eigenvalue weighted by molar-refractivity contribution is 0.596. The van der Waals surface area contributed by atoms with E-state index in [1.54, 1.807) is 36.4 Å². The molecule has 0 aromatic heterocycles. The third-order valence-corrected chi connectivity index (χ3v) is 7.41. The molecular formula is C30H23NO2S. The number of fused-ring (bicyclic) bond motifs is 1. The minimum absolute atomic E-state index is 0.239. The first kappa shape index (κ1) is 21.7. The average molecular weight is 462 g/mol. The number of benzene rings is 5. The fourth-order valence-corrected chi connectivity index (χ4v) is 5.40. The molecular weight excluding hydrogens is 438 g/mol. The van der Waals surface area contributed by atoms with Gasteiger partial charge in [0, 0.05) is 0 Å². The molecule has 0 saturated carbocycles. The van der Waals surface area contributed by atoms with E-state index in [2.05, 4.69) is 30.3 Å². The van der Waals surface area contributed by atoms with Gasteiger partial charge in [-0.15, -0.1) is 0 Å². The Kier molecular flexibility index (Phi) is 5.98. The maximum Gasteiger partial charge on any atom is 0.268 e. The first-order chi connectivity index (χ1) is 16.6. The highest BCUT2D eigenvalue weighted by molar-refractivity contribution is 7.93. The van der Waals surface area contributed by atoms with Crippen molar-refractivity contribution in [2.24, 2.45) is 0 Å². The van der Waals surface area contributed by atoms with Gasteiger partial charge in [-0.2, -0.15) is 0 Å². The second kappa shape index (κ2) is 9.38. The van der Waals surface area contributed by atoms with Crippen molar-refractivity contribution in [2.75, 3.05) is 4.31 Å². The summed E-state index contributed by atoms with van der Waals surface area (Å²) < 4.78 is 28.7. The van der Waals surface area contributed by atoms with Crippen molar-refractivity contribution >= 4 is 44.3 Å². The minimum Gasteiger partial charge on any atom is -0.235 e. The molecule has 0 atom stereocenters. The highest BCUT2D eigenvalue weighted by Crippen LogP contribution is 2.32. The lowest BCUT2D eigenvalue weighted by Crippen LogP contribution is -2.26. The Hall–Kier alpha value is -4.15. The molecule has 0 bridgehead atoms. The van der Waals surface area contributed by atoms with Gasteiger partial charge in [0.1, 0.15) is 0 Å². The predicted octanol–water partition coefficient (Wildman–Crippen LogP) is 7.54. The van der Waals surface area contributed by atoms with Crippen LogP contribution in [0.25, 0.3) is 22.9 Å². The van der Waals surface area contributed by atoms with E-state index in [1.807, 2.05) is 72.8 Å². The van der Waals surface area contributed by atoms with Crippen LogP contribution in [-0.2, 0) is 10.0 Å². The minimum atomic E-state index is -3.81. The van der Waals surface area contributed by atoms with Crippen molar-refractivity contribution in [3.63, 3.8) is 0 Å². The first-order valence-electron chi connectivity index (χ1n) is 11.0. The number of rotatable bonds is 6. The Morgan fingerprint density at radius 3 is 1.62 bits per heavy atom. The third-order valence-electron chi connectivity index (χ3n) is 5.64. The van der Waals surface area contributed by atoms with Gasteiger partial charge in [0.05, 0.1) is 16.3 Å². The number of nitrogens with zero attached hydrogens (tertiary/aromatic N) is 1. The molecule has 5 aromatic rings. The van der Waals surface area contributed by atoms with Crippen LogP contribution in [0.15, 0.2) is 132 Å². The van der Waals surface area contributed by atoms with E-state index in [9.17, 15) is 8.42 Å². The van der Waals surface area contributed by atoms with Gasteiger partial charge in [-0.3, -0.25) is 0 Å². The third kappa shape index (κ3) is 4.49. The van der Waals surface area contributed by atoms with Crippen molar-refractivity contribution in [3.05, 3.63) is 139 Å². The second-order valence-corrected chi connectivity index (χ2v) is 9.74.